The van der Waals surface area contributed by atoms with E-state index in [1.807, 2.05) is 18.2 Å². The van der Waals surface area contributed by atoms with Gasteiger partial charge in [0.2, 0.25) is 0 Å². The van der Waals surface area contributed by atoms with Crippen molar-refractivity contribution in [2.45, 2.75) is 39.7 Å². The van der Waals surface area contributed by atoms with Gasteiger partial charge in [0.05, 0.1) is 22.7 Å². The standard InChI is InChI=1S/C15H19N3S/c1-4-12(5-2)10(3)18-14-8-11(9-16)6-7-13(14)17-15(18)19/h6-8,10,12H,4-5H2,1-3H3,(H,17,19). The molecule has 2 aromatic rings. The Morgan fingerprint density at radius 2 is 2.05 bits per heavy atom. The first-order chi connectivity index (χ1) is 9.12. The molecule has 1 heterocycles. The molecule has 0 fully saturated rings. The second-order valence-corrected chi connectivity index (χ2v) is 5.35. The zero-order chi connectivity index (χ0) is 14.0. The van der Waals surface area contributed by atoms with Crippen LogP contribution in [-0.4, -0.2) is 9.55 Å². The lowest BCUT2D eigenvalue weighted by Crippen LogP contribution is -2.15. The molecule has 0 spiro atoms. The van der Waals surface area contributed by atoms with Crippen LogP contribution in [0.15, 0.2) is 18.2 Å². The van der Waals surface area contributed by atoms with E-state index in [1.54, 1.807) is 0 Å². The molecule has 3 nitrogen and oxygen atoms in total. The molecule has 0 aliphatic rings. The van der Waals surface area contributed by atoms with Crippen molar-refractivity contribution < 1.29 is 0 Å². The van der Waals surface area contributed by atoms with Crippen LogP contribution in [0.25, 0.3) is 11.0 Å². The van der Waals surface area contributed by atoms with Gasteiger partial charge in [-0.15, -0.1) is 0 Å². The number of H-pyrrole nitrogens is 1. The van der Waals surface area contributed by atoms with Crippen LogP contribution >= 0.6 is 12.2 Å². The fourth-order valence-electron chi connectivity index (χ4n) is 2.78. The zero-order valence-electron chi connectivity index (χ0n) is 11.6. The first-order valence-corrected chi connectivity index (χ1v) is 7.17. The number of rotatable bonds is 4. The van der Waals surface area contributed by atoms with Gasteiger partial charge in [-0.05, 0) is 43.3 Å². The van der Waals surface area contributed by atoms with E-state index in [0.717, 1.165) is 28.6 Å². The Kier molecular flexibility index (Phi) is 4.06. The number of aromatic amines is 1. The highest BCUT2D eigenvalue weighted by molar-refractivity contribution is 7.71. The number of nitrogens with one attached hydrogen (secondary N) is 1. The minimum absolute atomic E-state index is 0.338. The lowest BCUT2D eigenvalue weighted by Gasteiger charge is -2.23. The minimum Gasteiger partial charge on any atom is -0.331 e. The van der Waals surface area contributed by atoms with E-state index in [4.69, 9.17) is 17.5 Å². The SMILES string of the molecule is CCC(CC)C(C)n1c(=S)[nH]c2ccc(C#N)cc21. The smallest absolute Gasteiger partial charge is 0.178 e. The highest BCUT2D eigenvalue weighted by Crippen LogP contribution is 2.28. The third-order valence-electron chi connectivity index (χ3n) is 3.99. The molecule has 0 radical (unpaired) electrons. The average molecular weight is 273 g/mol. The van der Waals surface area contributed by atoms with Crippen molar-refractivity contribution >= 4 is 23.3 Å². The van der Waals surface area contributed by atoms with E-state index >= 15 is 0 Å². The first-order valence-electron chi connectivity index (χ1n) is 6.76. The van der Waals surface area contributed by atoms with Gasteiger partial charge in [-0.25, -0.2) is 0 Å². The molecule has 1 aromatic carbocycles. The van der Waals surface area contributed by atoms with E-state index in [1.165, 1.54) is 0 Å². The summed E-state index contributed by atoms with van der Waals surface area (Å²) in [5.74, 6) is 0.594. The van der Waals surface area contributed by atoms with Crippen LogP contribution in [-0.2, 0) is 0 Å². The molecule has 2 rings (SSSR count). The van der Waals surface area contributed by atoms with Gasteiger partial charge in [0, 0.05) is 6.04 Å². The lowest BCUT2D eigenvalue weighted by atomic mass is 9.95. The topological polar surface area (TPSA) is 44.5 Å². The third kappa shape index (κ3) is 2.43. The maximum atomic E-state index is 9.04. The molecule has 1 unspecified atom stereocenters. The van der Waals surface area contributed by atoms with E-state index in [0.29, 0.717) is 17.5 Å². The molecule has 0 aliphatic carbocycles. The molecule has 4 heteroatoms. The Hall–Kier alpha value is -1.60. The second kappa shape index (κ2) is 5.58. The fourth-order valence-corrected chi connectivity index (χ4v) is 3.15. The number of aromatic nitrogens is 2. The van der Waals surface area contributed by atoms with Crippen LogP contribution in [0.3, 0.4) is 0 Å². The number of fused-ring (bicyclic) bond motifs is 1. The second-order valence-electron chi connectivity index (χ2n) is 4.96. The fraction of sp³-hybridized carbons (Fsp3) is 0.467. The van der Waals surface area contributed by atoms with E-state index in [-0.39, 0.29) is 0 Å². The Balaban J connectivity index is 2.62. The van der Waals surface area contributed by atoms with Gasteiger partial charge >= 0.3 is 0 Å². The summed E-state index contributed by atoms with van der Waals surface area (Å²) in [6, 6.07) is 8.20. The van der Waals surface area contributed by atoms with Gasteiger partial charge in [0.15, 0.2) is 4.77 Å². The van der Waals surface area contributed by atoms with Crippen molar-refractivity contribution in [3.8, 4) is 6.07 Å². The van der Waals surface area contributed by atoms with Crippen molar-refractivity contribution in [2.24, 2.45) is 5.92 Å². The number of benzene rings is 1. The van der Waals surface area contributed by atoms with Crippen LogP contribution in [0.1, 0.15) is 45.2 Å². The number of imidazole rings is 1. The van der Waals surface area contributed by atoms with Crippen LogP contribution in [0, 0.1) is 22.0 Å². The van der Waals surface area contributed by atoms with Gasteiger partial charge < -0.3 is 9.55 Å². The highest BCUT2D eigenvalue weighted by Gasteiger charge is 2.18. The molecule has 1 atom stereocenters. The number of nitrogens with zero attached hydrogens (tertiary/aromatic N) is 2. The van der Waals surface area contributed by atoms with Crippen LogP contribution < -0.4 is 0 Å². The van der Waals surface area contributed by atoms with Crippen molar-refractivity contribution in [1.29, 1.82) is 5.26 Å². The quantitative estimate of drug-likeness (QED) is 0.829. The van der Waals surface area contributed by atoms with Crippen LogP contribution in [0.4, 0.5) is 0 Å². The van der Waals surface area contributed by atoms with Gasteiger partial charge in [-0.3, -0.25) is 0 Å². The molecule has 100 valence electrons. The van der Waals surface area contributed by atoms with Gasteiger partial charge in [0.1, 0.15) is 0 Å². The van der Waals surface area contributed by atoms with Crippen LogP contribution in [0.2, 0.25) is 0 Å². The summed E-state index contributed by atoms with van der Waals surface area (Å²) in [6.45, 7) is 6.63. The molecule has 0 amide bonds. The van der Waals surface area contributed by atoms with Gasteiger partial charge in [0.25, 0.3) is 0 Å². The molecular weight excluding hydrogens is 254 g/mol. The third-order valence-corrected chi connectivity index (χ3v) is 4.28. The minimum atomic E-state index is 0.338. The molecular formula is C15H19N3S. The molecule has 19 heavy (non-hydrogen) atoms. The molecule has 1 N–H and O–H groups in total. The Morgan fingerprint density at radius 1 is 1.37 bits per heavy atom. The predicted octanol–water partition coefficient (Wildman–Crippen LogP) is 4.57. The summed E-state index contributed by atoms with van der Waals surface area (Å²) in [5.41, 5.74) is 2.71. The van der Waals surface area contributed by atoms with Crippen molar-refractivity contribution in [2.75, 3.05) is 0 Å². The summed E-state index contributed by atoms with van der Waals surface area (Å²) in [4.78, 5) is 3.23. The maximum Gasteiger partial charge on any atom is 0.178 e. The monoisotopic (exact) mass is 273 g/mol. The van der Waals surface area contributed by atoms with Gasteiger partial charge in [-0.2, -0.15) is 5.26 Å². The molecule has 0 bridgehead atoms. The summed E-state index contributed by atoms with van der Waals surface area (Å²) in [5, 5.41) is 9.04. The van der Waals surface area contributed by atoms with E-state index in [9.17, 15) is 0 Å². The average Bonchev–Trinajstić information content (AvgIpc) is 2.74. The summed E-state index contributed by atoms with van der Waals surface area (Å²) >= 11 is 5.45. The summed E-state index contributed by atoms with van der Waals surface area (Å²) in [6.07, 6.45) is 2.26. The number of nitriles is 1. The Labute approximate surface area is 118 Å². The molecule has 0 saturated carbocycles. The van der Waals surface area contributed by atoms with Crippen molar-refractivity contribution in [3.05, 3.63) is 28.5 Å². The van der Waals surface area contributed by atoms with Gasteiger partial charge in [-0.1, -0.05) is 26.7 Å². The summed E-state index contributed by atoms with van der Waals surface area (Å²) in [7, 11) is 0. The van der Waals surface area contributed by atoms with E-state index < -0.39 is 0 Å². The molecule has 1 aromatic heterocycles. The highest BCUT2D eigenvalue weighted by atomic mass is 32.1. The Morgan fingerprint density at radius 3 is 2.63 bits per heavy atom. The van der Waals surface area contributed by atoms with Crippen molar-refractivity contribution in [3.63, 3.8) is 0 Å². The molecule has 0 saturated heterocycles. The first kappa shape index (κ1) is 13.8. The predicted molar refractivity (Wildman–Crippen MR) is 80.6 cm³/mol. The Bertz CT molecular complexity index is 671. The zero-order valence-corrected chi connectivity index (χ0v) is 12.4. The maximum absolute atomic E-state index is 9.04. The van der Waals surface area contributed by atoms with E-state index in [2.05, 4.69) is 36.4 Å². The number of hydrogen-bond donors (Lipinski definition) is 1. The summed E-state index contributed by atoms with van der Waals surface area (Å²) < 4.78 is 2.90. The normalized spacial score (nSPS) is 12.8. The number of hydrogen-bond acceptors (Lipinski definition) is 2. The lowest BCUT2D eigenvalue weighted by molar-refractivity contribution is 0.337. The van der Waals surface area contributed by atoms with Crippen molar-refractivity contribution in [1.82, 2.24) is 9.55 Å². The van der Waals surface area contributed by atoms with Crippen LogP contribution in [0.5, 0.6) is 0 Å². The molecule has 0 aliphatic heterocycles. The largest absolute Gasteiger partial charge is 0.331 e.